The predicted octanol–water partition coefficient (Wildman–Crippen LogP) is -1.70. The molecule has 1 fully saturated rings. The van der Waals surface area contributed by atoms with Crippen LogP contribution in [0.25, 0.3) is 0 Å². The van der Waals surface area contributed by atoms with E-state index in [0.29, 0.717) is 25.8 Å². The van der Waals surface area contributed by atoms with Crippen LogP contribution in [-0.2, 0) is 24.0 Å². The van der Waals surface area contributed by atoms with Crippen molar-refractivity contribution >= 4 is 29.6 Å². The number of likely N-dealkylation sites (tertiary alicyclic amines) is 1. The van der Waals surface area contributed by atoms with Crippen LogP contribution in [0.15, 0.2) is 0 Å². The molecule has 0 aliphatic carbocycles. The Kier molecular flexibility index (Phi) is 9.02. The first kappa shape index (κ1) is 24.3. The van der Waals surface area contributed by atoms with E-state index in [1.165, 1.54) is 11.8 Å². The number of primary amides is 1. The molecule has 29 heavy (non-hydrogen) atoms. The Balaban J connectivity index is 2.77. The minimum absolute atomic E-state index is 0.0548. The molecule has 11 heteroatoms. The molecule has 0 saturated carbocycles. The zero-order chi connectivity index (χ0) is 22.3. The van der Waals surface area contributed by atoms with Gasteiger partial charge in [-0.05, 0) is 25.7 Å². The summed E-state index contributed by atoms with van der Waals surface area (Å²) in [6.07, 6.45) is 1.04. The maximum absolute atomic E-state index is 12.8. The molecule has 164 valence electrons. The van der Waals surface area contributed by atoms with Gasteiger partial charge in [-0.1, -0.05) is 20.3 Å². The van der Waals surface area contributed by atoms with Crippen LogP contribution in [0.3, 0.4) is 0 Å². The zero-order valence-electron chi connectivity index (χ0n) is 17.0. The summed E-state index contributed by atoms with van der Waals surface area (Å²) >= 11 is 0. The van der Waals surface area contributed by atoms with E-state index < -0.39 is 60.2 Å². The van der Waals surface area contributed by atoms with Crippen LogP contribution < -0.4 is 22.1 Å². The summed E-state index contributed by atoms with van der Waals surface area (Å²) in [4.78, 5) is 61.0. The van der Waals surface area contributed by atoms with E-state index in [-0.39, 0.29) is 5.92 Å². The monoisotopic (exact) mass is 413 g/mol. The Morgan fingerprint density at radius 1 is 1.17 bits per heavy atom. The van der Waals surface area contributed by atoms with E-state index in [1.807, 2.05) is 13.8 Å². The van der Waals surface area contributed by atoms with Gasteiger partial charge in [-0.15, -0.1) is 0 Å². The van der Waals surface area contributed by atoms with Gasteiger partial charge in [-0.2, -0.15) is 0 Å². The Morgan fingerprint density at radius 3 is 2.31 bits per heavy atom. The number of hydrogen-bond donors (Lipinski definition) is 5. The van der Waals surface area contributed by atoms with Crippen LogP contribution in [-0.4, -0.2) is 70.3 Å². The predicted molar refractivity (Wildman–Crippen MR) is 103 cm³/mol. The summed E-state index contributed by atoms with van der Waals surface area (Å²) in [5, 5.41) is 14.0. The van der Waals surface area contributed by atoms with E-state index in [4.69, 9.17) is 16.6 Å². The Morgan fingerprint density at radius 2 is 1.79 bits per heavy atom. The molecule has 5 atom stereocenters. The average Bonchev–Trinajstić information content (AvgIpc) is 3.14. The van der Waals surface area contributed by atoms with Gasteiger partial charge in [-0.25, -0.2) is 4.79 Å². The van der Waals surface area contributed by atoms with Crippen molar-refractivity contribution in [3.05, 3.63) is 0 Å². The summed E-state index contributed by atoms with van der Waals surface area (Å²) in [7, 11) is 0. The number of rotatable bonds is 10. The fourth-order valence-corrected chi connectivity index (χ4v) is 3.10. The number of nitrogens with one attached hydrogen (secondary N) is 2. The van der Waals surface area contributed by atoms with Crippen molar-refractivity contribution in [1.29, 1.82) is 0 Å². The third-order valence-corrected chi connectivity index (χ3v) is 5.15. The minimum atomic E-state index is -1.47. The molecule has 4 amide bonds. The van der Waals surface area contributed by atoms with Crippen LogP contribution in [0.2, 0.25) is 0 Å². The van der Waals surface area contributed by atoms with Gasteiger partial charge in [0.05, 0.1) is 12.5 Å². The van der Waals surface area contributed by atoms with Crippen LogP contribution in [0.4, 0.5) is 0 Å². The number of hydrogen-bond acceptors (Lipinski definition) is 6. The number of carboxylic acids is 1. The van der Waals surface area contributed by atoms with Gasteiger partial charge >= 0.3 is 5.97 Å². The molecule has 1 saturated heterocycles. The van der Waals surface area contributed by atoms with Gasteiger partial charge in [-0.3, -0.25) is 19.2 Å². The summed E-state index contributed by atoms with van der Waals surface area (Å²) in [6, 6.07) is -4.01. The molecule has 1 aliphatic rings. The number of aliphatic carboxylic acids is 1. The molecule has 0 spiro atoms. The van der Waals surface area contributed by atoms with Crippen LogP contribution in [0, 0.1) is 5.92 Å². The van der Waals surface area contributed by atoms with Crippen molar-refractivity contribution in [3.8, 4) is 0 Å². The Hall–Kier alpha value is -2.69. The molecule has 11 nitrogen and oxygen atoms in total. The molecule has 0 bridgehead atoms. The second-order valence-corrected chi connectivity index (χ2v) is 7.40. The standard InChI is InChI=1S/C18H31N5O6/c1-4-9(2)14(20)16(26)21-10(3)17(27)23-7-5-6-12(23)15(25)22-11(18(28)29)8-13(19)24/h9-12,14H,4-8,20H2,1-3H3,(H2,19,24)(H,21,26)(H,22,25)(H,28,29). The van der Waals surface area contributed by atoms with Gasteiger partial charge in [0.25, 0.3) is 0 Å². The molecule has 0 radical (unpaired) electrons. The van der Waals surface area contributed by atoms with Crippen molar-refractivity contribution in [3.63, 3.8) is 0 Å². The summed E-state index contributed by atoms with van der Waals surface area (Å²) in [6.45, 7) is 5.54. The van der Waals surface area contributed by atoms with E-state index >= 15 is 0 Å². The summed E-state index contributed by atoms with van der Waals surface area (Å²) in [5.74, 6) is -3.92. The highest BCUT2D eigenvalue weighted by Gasteiger charge is 2.38. The quantitative estimate of drug-likeness (QED) is 0.282. The Labute approximate surface area is 169 Å². The van der Waals surface area contributed by atoms with Gasteiger partial charge < -0.3 is 32.1 Å². The fourth-order valence-electron chi connectivity index (χ4n) is 3.10. The first-order chi connectivity index (χ1) is 13.5. The lowest BCUT2D eigenvalue weighted by Gasteiger charge is -2.28. The van der Waals surface area contributed by atoms with E-state index in [0.717, 1.165) is 0 Å². The van der Waals surface area contributed by atoms with Gasteiger partial charge in [0.15, 0.2) is 0 Å². The van der Waals surface area contributed by atoms with Crippen molar-refractivity contribution in [2.24, 2.45) is 17.4 Å². The summed E-state index contributed by atoms with van der Waals surface area (Å²) in [5.41, 5.74) is 10.9. The van der Waals surface area contributed by atoms with Gasteiger partial charge in [0.1, 0.15) is 18.1 Å². The lowest BCUT2D eigenvalue weighted by molar-refractivity contribution is -0.145. The normalized spacial score (nSPS) is 20.3. The number of nitrogens with two attached hydrogens (primary N) is 2. The third-order valence-electron chi connectivity index (χ3n) is 5.15. The third kappa shape index (κ3) is 6.70. The van der Waals surface area contributed by atoms with Gasteiger partial charge in [0, 0.05) is 6.54 Å². The van der Waals surface area contributed by atoms with Crippen molar-refractivity contribution in [1.82, 2.24) is 15.5 Å². The maximum atomic E-state index is 12.8. The van der Waals surface area contributed by atoms with Gasteiger partial charge in [0.2, 0.25) is 23.6 Å². The van der Waals surface area contributed by atoms with Crippen molar-refractivity contribution in [2.75, 3.05) is 6.54 Å². The average molecular weight is 413 g/mol. The SMILES string of the molecule is CCC(C)C(N)C(=O)NC(C)C(=O)N1CCCC1C(=O)NC(CC(N)=O)C(=O)O. The van der Waals surface area contributed by atoms with E-state index in [1.54, 1.807) is 0 Å². The smallest absolute Gasteiger partial charge is 0.326 e. The second-order valence-electron chi connectivity index (χ2n) is 7.40. The van der Waals surface area contributed by atoms with Crippen molar-refractivity contribution in [2.45, 2.75) is 70.6 Å². The molecular formula is C18H31N5O6. The first-order valence-electron chi connectivity index (χ1n) is 9.67. The number of carbonyl (C=O) groups excluding carboxylic acids is 4. The molecule has 0 aromatic rings. The van der Waals surface area contributed by atoms with E-state index in [2.05, 4.69) is 10.6 Å². The molecular weight excluding hydrogens is 382 g/mol. The Bertz CT molecular complexity index is 655. The first-order valence-corrected chi connectivity index (χ1v) is 9.67. The lowest BCUT2D eigenvalue weighted by Crippen LogP contribution is -2.56. The maximum Gasteiger partial charge on any atom is 0.326 e. The summed E-state index contributed by atoms with van der Waals surface area (Å²) < 4.78 is 0. The number of carbonyl (C=O) groups is 5. The molecule has 7 N–H and O–H groups in total. The largest absolute Gasteiger partial charge is 0.480 e. The van der Waals surface area contributed by atoms with Crippen LogP contribution in [0.1, 0.15) is 46.5 Å². The molecule has 1 heterocycles. The molecule has 0 aromatic heterocycles. The molecule has 5 unspecified atom stereocenters. The number of amides is 4. The van der Waals surface area contributed by atoms with Crippen molar-refractivity contribution < 1.29 is 29.1 Å². The molecule has 1 aliphatic heterocycles. The minimum Gasteiger partial charge on any atom is -0.480 e. The second kappa shape index (κ2) is 10.7. The highest BCUT2D eigenvalue weighted by molar-refractivity contribution is 5.95. The molecule has 1 rings (SSSR count). The number of carboxylic acid groups (broad SMARTS) is 1. The molecule has 0 aromatic carbocycles. The number of nitrogens with zero attached hydrogens (tertiary/aromatic N) is 1. The topological polar surface area (TPSA) is 185 Å². The van der Waals surface area contributed by atoms with Crippen LogP contribution >= 0.6 is 0 Å². The highest BCUT2D eigenvalue weighted by atomic mass is 16.4. The lowest BCUT2D eigenvalue weighted by atomic mass is 9.99. The zero-order valence-corrected chi connectivity index (χ0v) is 17.0. The van der Waals surface area contributed by atoms with E-state index in [9.17, 15) is 24.0 Å². The van der Waals surface area contributed by atoms with Crippen LogP contribution in [0.5, 0.6) is 0 Å². The highest BCUT2D eigenvalue weighted by Crippen LogP contribution is 2.19. The fraction of sp³-hybridized carbons (Fsp3) is 0.722.